The lowest BCUT2D eigenvalue weighted by atomic mass is 10.1. The second-order valence-electron chi connectivity index (χ2n) is 3.00. The van der Waals surface area contributed by atoms with E-state index >= 15 is 0 Å². The first-order valence-corrected chi connectivity index (χ1v) is 3.69. The van der Waals surface area contributed by atoms with Crippen molar-refractivity contribution in [2.75, 3.05) is 6.54 Å². The van der Waals surface area contributed by atoms with E-state index in [1.807, 2.05) is 0 Å². The van der Waals surface area contributed by atoms with Gasteiger partial charge in [0, 0.05) is 6.92 Å². The average molecular weight is 142 g/mol. The van der Waals surface area contributed by atoms with Gasteiger partial charge in [-0.3, -0.25) is 10.1 Å². The van der Waals surface area contributed by atoms with Crippen molar-refractivity contribution in [3.63, 3.8) is 0 Å². The minimum Gasteiger partial charge on any atom is -0.341 e. The maximum atomic E-state index is 10.6. The summed E-state index contributed by atoms with van der Waals surface area (Å²) >= 11 is 0. The van der Waals surface area contributed by atoms with Crippen LogP contribution in [0.3, 0.4) is 0 Å². The molecule has 0 radical (unpaired) electrons. The Morgan fingerprint density at radius 2 is 2.40 bits per heavy atom. The van der Waals surface area contributed by atoms with Gasteiger partial charge >= 0.3 is 0 Å². The fourth-order valence-electron chi connectivity index (χ4n) is 1.27. The molecule has 1 rings (SSSR count). The van der Waals surface area contributed by atoms with E-state index in [0.717, 1.165) is 13.0 Å². The third-order valence-electron chi connectivity index (χ3n) is 1.73. The lowest BCUT2D eigenvalue weighted by molar-refractivity contribution is -0.119. The first kappa shape index (κ1) is 7.54. The Kier molecular flexibility index (Phi) is 2.27. The second kappa shape index (κ2) is 3.01. The molecular weight excluding hydrogens is 128 g/mol. The summed E-state index contributed by atoms with van der Waals surface area (Å²) in [6.45, 7) is 4.74. The summed E-state index contributed by atoms with van der Waals surface area (Å²) in [6.07, 6.45) is 1.27. The quantitative estimate of drug-likeness (QED) is 0.544. The van der Waals surface area contributed by atoms with Crippen molar-refractivity contribution < 1.29 is 4.79 Å². The maximum Gasteiger partial charge on any atom is 0.218 e. The number of nitrogens with one attached hydrogen (secondary N) is 2. The van der Waals surface area contributed by atoms with Crippen LogP contribution < -0.4 is 10.6 Å². The van der Waals surface area contributed by atoms with Gasteiger partial charge in [-0.25, -0.2) is 0 Å². The molecule has 3 heteroatoms. The molecule has 0 bridgehead atoms. The molecule has 0 spiro atoms. The van der Waals surface area contributed by atoms with Crippen LogP contribution in [-0.4, -0.2) is 18.6 Å². The van der Waals surface area contributed by atoms with Crippen LogP contribution in [-0.2, 0) is 4.79 Å². The highest BCUT2D eigenvalue weighted by molar-refractivity contribution is 5.73. The van der Waals surface area contributed by atoms with E-state index in [1.165, 1.54) is 0 Å². The van der Waals surface area contributed by atoms with Gasteiger partial charge < -0.3 is 5.32 Å². The van der Waals surface area contributed by atoms with Crippen molar-refractivity contribution in [3.05, 3.63) is 0 Å². The third-order valence-corrected chi connectivity index (χ3v) is 1.73. The highest BCUT2D eigenvalue weighted by atomic mass is 16.1. The summed E-state index contributed by atoms with van der Waals surface area (Å²) in [7, 11) is 0. The van der Waals surface area contributed by atoms with Gasteiger partial charge in [0.1, 0.15) is 0 Å². The molecule has 1 fully saturated rings. The van der Waals surface area contributed by atoms with Crippen LogP contribution in [0.25, 0.3) is 0 Å². The van der Waals surface area contributed by atoms with Gasteiger partial charge in [0.05, 0.1) is 6.17 Å². The number of amides is 1. The summed E-state index contributed by atoms with van der Waals surface area (Å²) in [5.74, 6) is 0.739. The Balaban J connectivity index is 2.24. The topological polar surface area (TPSA) is 41.1 Å². The summed E-state index contributed by atoms with van der Waals surface area (Å²) in [5, 5.41) is 6.03. The number of rotatable bonds is 1. The molecule has 2 unspecified atom stereocenters. The third kappa shape index (κ3) is 1.99. The summed E-state index contributed by atoms with van der Waals surface area (Å²) in [4.78, 5) is 10.6. The SMILES string of the molecule is CC(=O)NC1CC(C)CN1. The molecule has 0 saturated carbocycles. The molecule has 1 aliphatic heterocycles. The molecule has 0 aromatic heterocycles. The maximum absolute atomic E-state index is 10.6. The van der Waals surface area contributed by atoms with E-state index in [9.17, 15) is 4.79 Å². The van der Waals surface area contributed by atoms with Crippen molar-refractivity contribution in [1.82, 2.24) is 10.6 Å². The van der Waals surface area contributed by atoms with Crippen LogP contribution in [0.2, 0.25) is 0 Å². The predicted molar refractivity (Wildman–Crippen MR) is 39.4 cm³/mol. The molecule has 2 N–H and O–H groups in total. The number of hydrogen-bond acceptors (Lipinski definition) is 2. The smallest absolute Gasteiger partial charge is 0.218 e. The standard InChI is InChI=1S/C7H14N2O/c1-5-3-7(8-4-5)9-6(2)10/h5,7-8H,3-4H2,1-2H3,(H,9,10). The fourth-order valence-corrected chi connectivity index (χ4v) is 1.27. The number of hydrogen-bond donors (Lipinski definition) is 2. The normalized spacial score (nSPS) is 32.2. The molecule has 3 nitrogen and oxygen atoms in total. The van der Waals surface area contributed by atoms with Gasteiger partial charge in [-0.15, -0.1) is 0 Å². The lowest BCUT2D eigenvalue weighted by Gasteiger charge is -2.09. The molecular formula is C7H14N2O. The zero-order valence-electron chi connectivity index (χ0n) is 6.48. The molecule has 1 amide bonds. The molecule has 1 heterocycles. The van der Waals surface area contributed by atoms with Crippen molar-refractivity contribution in [1.29, 1.82) is 0 Å². The summed E-state index contributed by atoms with van der Waals surface area (Å²) in [6, 6.07) is 0. The lowest BCUT2D eigenvalue weighted by Crippen LogP contribution is -2.39. The summed E-state index contributed by atoms with van der Waals surface area (Å²) in [5.41, 5.74) is 0. The predicted octanol–water partition coefficient (Wildman–Crippen LogP) is 0.0780. The van der Waals surface area contributed by atoms with Crippen molar-refractivity contribution >= 4 is 5.91 Å². The van der Waals surface area contributed by atoms with Crippen LogP contribution in [0.5, 0.6) is 0 Å². The monoisotopic (exact) mass is 142 g/mol. The first-order valence-electron chi connectivity index (χ1n) is 3.69. The van der Waals surface area contributed by atoms with Crippen molar-refractivity contribution in [2.24, 2.45) is 5.92 Å². The molecule has 2 atom stereocenters. The van der Waals surface area contributed by atoms with E-state index in [-0.39, 0.29) is 12.1 Å². The van der Waals surface area contributed by atoms with Gasteiger partial charge in [0.2, 0.25) is 5.91 Å². The number of carbonyl (C=O) groups is 1. The first-order chi connectivity index (χ1) is 4.68. The van der Waals surface area contributed by atoms with Crippen LogP contribution in [0.1, 0.15) is 20.3 Å². The average Bonchev–Trinajstić information content (AvgIpc) is 2.13. The van der Waals surface area contributed by atoms with Gasteiger partial charge in [0.25, 0.3) is 0 Å². The minimum atomic E-state index is 0.0478. The van der Waals surface area contributed by atoms with E-state index in [1.54, 1.807) is 6.92 Å². The van der Waals surface area contributed by atoms with Crippen molar-refractivity contribution in [2.45, 2.75) is 26.4 Å². The zero-order valence-corrected chi connectivity index (χ0v) is 6.48. The highest BCUT2D eigenvalue weighted by Gasteiger charge is 2.20. The van der Waals surface area contributed by atoms with Gasteiger partial charge in [-0.2, -0.15) is 0 Å². The van der Waals surface area contributed by atoms with Gasteiger partial charge in [0.15, 0.2) is 0 Å². The Bertz CT molecular complexity index is 136. The molecule has 0 aromatic carbocycles. The minimum absolute atomic E-state index is 0.0478. The molecule has 0 aliphatic carbocycles. The van der Waals surface area contributed by atoms with Crippen LogP contribution >= 0.6 is 0 Å². The molecule has 58 valence electrons. The zero-order chi connectivity index (χ0) is 7.56. The fraction of sp³-hybridized carbons (Fsp3) is 0.857. The van der Waals surface area contributed by atoms with E-state index in [2.05, 4.69) is 17.6 Å². The summed E-state index contributed by atoms with van der Waals surface area (Å²) < 4.78 is 0. The molecule has 1 saturated heterocycles. The Hall–Kier alpha value is -0.570. The van der Waals surface area contributed by atoms with Crippen LogP contribution in [0, 0.1) is 5.92 Å². The van der Waals surface area contributed by atoms with Crippen LogP contribution in [0.15, 0.2) is 0 Å². The Morgan fingerprint density at radius 3 is 2.80 bits per heavy atom. The van der Waals surface area contributed by atoms with E-state index < -0.39 is 0 Å². The van der Waals surface area contributed by atoms with Gasteiger partial charge in [-0.1, -0.05) is 6.92 Å². The van der Waals surface area contributed by atoms with Gasteiger partial charge in [-0.05, 0) is 18.9 Å². The highest BCUT2D eigenvalue weighted by Crippen LogP contribution is 2.09. The van der Waals surface area contributed by atoms with Crippen molar-refractivity contribution in [3.8, 4) is 0 Å². The van der Waals surface area contributed by atoms with E-state index in [4.69, 9.17) is 0 Å². The Labute approximate surface area is 61.2 Å². The molecule has 10 heavy (non-hydrogen) atoms. The number of carbonyl (C=O) groups excluding carboxylic acids is 1. The second-order valence-corrected chi connectivity index (χ2v) is 3.00. The Morgan fingerprint density at radius 1 is 1.70 bits per heavy atom. The van der Waals surface area contributed by atoms with E-state index in [0.29, 0.717) is 5.92 Å². The van der Waals surface area contributed by atoms with Crippen LogP contribution in [0.4, 0.5) is 0 Å². The molecule has 1 aliphatic rings. The molecule has 0 aromatic rings. The largest absolute Gasteiger partial charge is 0.341 e.